The van der Waals surface area contributed by atoms with Gasteiger partial charge in [-0.15, -0.1) is 0 Å². The van der Waals surface area contributed by atoms with Gasteiger partial charge in [-0.05, 0) is 30.9 Å². The number of H-pyrrole nitrogens is 1. The number of nitrogens with one attached hydrogen (secondary N) is 2. The van der Waals surface area contributed by atoms with Crippen LogP contribution in [0.2, 0.25) is 0 Å². The summed E-state index contributed by atoms with van der Waals surface area (Å²) >= 11 is 0. The third-order valence-corrected chi connectivity index (χ3v) is 3.76. The van der Waals surface area contributed by atoms with E-state index in [1.165, 1.54) is 44.1 Å². The van der Waals surface area contributed by atoms with Crippen LogP contribution in [0.5, 0.6) is 0 Å². The van der Waals surface area contributed by atoms with Crippen molar-refractivity contribution in [3.63, 3.8) is 0 Å². The Balaban J connectivity index is 1.78. The lowest BCUT2D eigenvalue weighted by Crippen LogP contribution is -2.28. The predicted octanol–water partition coefficient (Wildman–Crippen LogP) is 2.62. The zero-order chi connectivity index (χ0) is 13.2. The second-order valence-electron chi connectivity index (χ2n) is 5.11. The van der Waals surface area contributed by atoms with Crippen molar-refractivity contribution in [2.75, 3.05) is 6.54 Å². The van der Waals surface area contributed by atoms with E-state index in [1.807, 2.05) is 0 Å². The molecule has 1 amide bonds. The molecule has 0 atom stereocenters. The molecule has 1 saturated carbocycles. The topological polar surface area (TPSA) is 57.8 Å². The van der Waals surface area contributed by atoms with E-state index >= 15 is 0 Å². The number of rotatable bonds is 3. The van der Waals surface area contributed by atoms with Gasteiger partial charge in [0, 0.05) is 6.54 Å². The molecule has 1 aromatic heterocycles. The van der Waals surface area contributed by atoms with E-state index < -0.39 is 5.82 Å². The quantitative estimate of drug-likeness (QED) is 0.892. The maximum absolute atomic E-state index is 13.4. The molecule has 1 aliphatic carbocycles. The average Bonchev–Trinajstić information content (AvgIpc) is 3.05. The van der Waals surface area contributed by atoms with Crippen LogP contribution in [0.4, 0.5) is 4.39 Å². The Hall–Kier alpha value is -1.91. The Bertz CT molecular complexity index is 602. The lowest BCUT2D eigenvalue weighted by atomic mass is 10.1. The number of halogens is 1. The Morgan fingerprint density at radius 1 is 1.42 bits per heavy atom. The highest BCUT2D eigenvalue weighted by Crippen LogP contribution is 2.24. The Morgan fingerprint density at radius 2 is 2.21 bits per heavy atom. The van der Waals surface area contributed by atoms with Gasteiger partial charge in [0.25, 0.3) is 5.91 Å². The molecule has 0 aliphatic heterocycles. The van der Waals surface area contributed by atoms with Crippen LogP contribution in [0, 0.1) is 11.7 Å². The smallest absolute Gasteiger partial charge is 0.253 e. The van der Waals surface area contributed by atoms with Crippen LogP contribution in [0.3, 0.4) is 0 Å². The third-order valence-electron chi connectivity index (χ3n) is 3.76. The first-order valence-electron chi connectivity index (χ1n) is 6.65. The first kappa shape index (κ1) is 12.1. The summed E-state index contributed by atoms with van der Waals surface area (Å²) in [5.74, 6) is -0.113. The molecule has 19 heavy (non-hydrogen) atoms. The molecule has 0 unspecified atom stereocenters. The van der Waals surface area contributed by atoms with E-state index in [9.17, 15) is 9.18 Å². The van der Waals surface area contributed by atoms with Gasteiger partial charge in [0.15, 0.2) is 0 Å². The first-order chi connectivity index (χ1) is 9.24. The second-order valence-corrected chi connectivity index (χ2v) is 5.11. The zero-order valence-corrected chi connectivity index (χ0v) is 10.6. The molecule has 1 heterocycles. The largest absolute Gasteiger partial charge is 0.352 e. The average molecular weight is 261 g/mol. The number of fused-ring (bicyclic) bond motifs is 1. The summed E-state index contributed by atoms with van der Waals surface area (Å²) < 4.78 is 13.4. The van der Waals surface area contributed by atoms with Gasteiger partial charge in [-0.3, -0.25) is 4.79 Å². The fourth-order valence-corrected chi connectivity index (χ4v) is 2.73. The highest BCUT2D eigenvalue weighted by molar-refractivity contribution is 6.04. The van der Waals surface area contributed by atoms with Crippen LogP contribution < -0.4 is 5.32 Å². The molecule has 0 spiro atoms. The van der Waals surface area contributed by atoms with E-state index in [1.54, 1.807) is 0 Å². The summed E-state index contributed by atoms with van der Waals surface area (Å²) in [7, 11) is 0. The fourth-order valence-electron chi connectivity index (χ4n) is 2.73. The van der Waals surface area contributed by atoms with Crippen molar-refractivity contribution in [3.05, 3.63) is 29.8 Å². The minimum Gasteiger partial charge on any atom is -0.352 e. The van der Waals surface area contributed by atoms with Crippen LogP contribution >= 0.6 is 0 Å². The van der Waals surface area contributed by atoms with Gasteiger partial charge in [0.2, 0.25) is 0 Å². The van der Waals surface area contributed by atoms with E-state index in [4.69, 9.17) is 0 Å². The maximum Gasteiger partial charge on any atom is 0.253 e. The van der Waals surface area contributed by atoms with Gasteiger partial charge in [0.05, 0.1) is 17.4 Å². The lowest BCUT2D eigenvalue weighted by Gasteiger charge is -2.10. The van der Waals surface area contributed by atoms with Gasteiger partial charge >= 0.3 is 0 Å². The molecule has 4 nitrogen and oxygen atoms in total. The van der Waals surface area contributed by atoms with Crippen LogP contribution in [0.15, 0.2) is 18.5 Å². The number of aromatic nitrogens is 2. The van der Waals surface area contributed by atoms with E-state index in [0.717, 1.165) is 0 Å². The van der Waals surface area contributed by atoms with Crippen LogP contribution in [-0.2, 0) is 0 Å². The molecule has 2 N–H and O–H groups in total. The van der Waals surface area contributed by atoms with E-state index in [0.29, 0.717) is 29.1 Å². The number of benzene rings is 1. The summed E-state index contributed by atoms with van der Waals surface area (Å²) in [6.45, 7) is 0.668. The van der Waals surface area contributed by atoms with Gasteiger partial charge in [0.1, 0.15) is 11.3 Å². The molecule has 0 bridgehead atoms. The number of hydrogen-bond donors (Lipinski definition) is 2. The Labute approximate surface area is 110 Å². The highest BCUT2D eigenvalue weighted by atomic mass is 19.1. The molecule has 100 valence electrons. The summed E-state index contributed by atoms with van der Waals surface area (Å²) in [5, 5.41) is 2.89. The number of carbonyl (C=O) groups excluding carboxylic acids is 1. The number of hydrogen-bond acceptors (Lipinski definition) is 2. The minimum atomic E-state index is -0.428. The lowest BCUT2D eigenvalue weighted by molar-refractivity contribution is 0.0948. The normalized spacial score (nSPS) is 16.1. The monoisotopic (exact) mass is 261 g/mol. The van der Waals surface area contributed by atoms with Gasteiger partial charge in [-0.1, -0.05) is 12.8 Å². The fraction of sp³-hybridized carbons (Fsp3) is 0.429. The van der Waals surface area contributed by atoms with Crippen LogP contribution in [0.1, 0.15) is 36.0 Å². The first-order valence-corrected chi connectivity index (χ1v) is 6.65. The molecule has 3 rings (SSSR count). The number of aromatic amines is 1. The van der Waals surface area contributed by atoms with Crippen molar-refractivity contribution >= 4 is 16.9 Å². The SMILES string of the molecule is O=C(NCC1CCCC1)c1cc(F)cc2[nH]cnc12. The van der Waals surface area contributed by atoms with Crippen molar-refractivity contribution < 1.29 is 9.18 Å². The standard InChI is InChI=1S/C14H16FN3O/c15-10-5-11(13-12(6-10)17-8-18-13)14(19)16-7-9-3-1-2-4-9/h5-6,8-9H,1-4,7H2,(H,16,19)(H,17,18). The number of nitrogens with zero attached hydrogens (tertiary/aromatic N) is 1. The van der Waals surface area contributed by atoms with Crippen molar-refractivity contribution in [2.24, 2.45) is 5.92 Å². The number of carbonyl (C=O) groups is 1. The summed E-state index contributed by atoms with van der Waals surface area (Å²) in [5.41, 5.74) is 1.37. The predicted molar refractivity (Wildman–Crippen MR) is 70.3 cm³/mol. The molecule has 0 radical (unpaired) electrons. The molecular weight excluding hydrogens is 245 g/mol. The van der Waals surface area contributed by atoms with Crippen molar-refractivity contribution in [1.29, 1.82) is 0 Å². The number of amides is 1. The third kappa shape index (κ3) is 2.45. The van der Waals surface area contributed by atoms with Crippen molar-refractivity contribution in [1.82, 2.24) is 15.3 Å². The maximum atomic E-state index is 13.4. The van der Waals surface area contributed by atoms with Gasteiger partial charge in [-0.2, -0.15) is 0 Å². The summed E-state index contributed by atoms with van der Waals surface area (Å²) in [4.78, 5) is 19.0. The van der Waals surface area contributed by atoms with Crippen LogP contribution in [-0.4, -0.2) is 22.4 Å². The summed E-state index contributed by atoms with van der Waals surface area (Å²) in [6, 6.07) is 2.59. The Kier molecular flexibility index (Phi) is 3.19. The molecule has 0 saturated heterocycles. The molecule has 5 heteroatoms. The van der Waals surface area contributed by atoms with Crippen molar-refractivity contribution in [3.8, 4) is 0 Å². The summed E-state index contributed by atoms with van der Waals surface area (Å²) in [6.07, 6.45) is 6.29. The highest BCUT2D eigenvalue weighted by Gasteiger charge is 2.18. The van der Waals surface area contributed by atoms with E-state index in [-0.39, 0.29) is 5.91 Å². The zero-order valence-electron chi connectivity index (χ0n) is 10.6. The van der Waals surface area contributed by atoms with E-state index in [2.05, 4.69) is 15.3 Å². The molecule has 1 aromatic carbocycles. The van der Waals surface area contributed by atoms with Crippen molar-refractivity contribution in [2.45, 2.75) is 25.7 Å². The molecular formula is C14H16FN3O. The molecule has 1 aliphatic rings. The number of imidazole rings is 1. The second kappa shape index (κ2) is 4.99. The van der Waals surface area contributed by atoms with Crippen LogP contribution in [0.25, 0.3) is 11.0 Å². The molecule has 1 fully saturated rings. The van der Waals surface area contributed by atoms with Gasteiger partial charge in [-0.25, -0.2) is 9.37 Å². The minimum absolute atomic E-state index is 0.247. The molecule has 2 aromatic rings. The van der Waals surface area contributed by atoms with Gasteiger partial charge < -0.3 is 10.3 Å². The Morgan fingerprint density at radius 3 is 3.00 bits per heavy atom.